The van der Waals surface area contributed by atoms with Gasteiger partial charge in [-0.3, -0.25) is 9.69 Å². The highest BCUT2D eigenvalue weighted by Crippen LogP contribution is 2.24. The van der Waals surface area contributed by atoms with E-state index in [1.165, 1.54) is 5.56 Å². The molecule has 0 fully saturated rings. The molecule has 0 atom stereocenters. The standard InChI is InChI=1S/C23H27N3O2/c1-15-9-10-20(18(4)11-15)23-24-19(14-28-23)12-26(5)13-21(27)25-22-16(2)7-6-8-17(22)3/h6-11,14H,12-13H2,1-5H3,(H,25,27). The number of benzene rings is 2. The number of hydrogen-bond donors (Lipinski definition) is 1. The van der Waals surface area contributed by atoms with E-state index in [4.69, 9.17) is 4.42 Å². The van der Waals surface area contributed by atoms with E-state index in [1.54, 1.807) is 6.26 Å². The maximum absolute atomic E-state index is 12.4. The van der Waals surface area contributed by atoms with E-state index in [0.717, 1.165) is 33.6 Å². The number of rotatable bonds is 6. The lowest BCUT2D eigenvalue weighted by Crippen LogP contribution is -2.30. The Morgan fingerprint density at radius 3 is 2.46 bits per heavy atom. The number of aryl methyl sites for hydroxylation is 4. The van der Waals surface area contributed by atoms with Gasteiger partial charge < -0.3 is 9.73 Å². The monoisotopic (exact) mass is 377 g/mol. The van der Waals surface area contributed by atoms with Crippen molar-refractivity contribution in [3.63, 3.8) is 0 Å². The van der Waals surface area contributed by atoms with Crippen LogP contribution in [0.25, 0.3) is 11.5 Å². The zero-order valence-electron chi connectivity index (χ0n) is 17.2. The predicted molar refractivity (Wildman–Crippen MR) is 112 cm³/mol. The first-order valence-electron chi connectivity index (χ1n) is 9.40. The Bertz CT molecular complexity index is 971. The summed E-state index contributed by atoms with van der Waals surface area (Å²) in [4.78, 5) is 18.9. The third-order valence-electron chi connectivity index (χ3n) is 4.76. The van der Waals surface area contributed by atoms with Gasteiger partial charge in [-0.05, 0) is 57.5 Å². The van der Waals surface area contributed by atoms with Crippen LogP contribution >= 0.6 is 0 Å². The third-order valence-corrected chi connectivity index (χ3v) is 4.76. The average molecular weight is 377 g/mol. The van der Waals surface area contributed by atoms with Gasteiger partial charge >= 0.3 is 0 Å². The summed E-state index contributed by atoms with van der Waals surface area (Å²) in [6, 6.07) is 12.2. The van der Waals surface area contributed by atoms with E-state index < -0.39 is 0 Å². The summed E-state index contributed by atoms with van der Waals surface area (Å²) in [5, 5.41) is 3.01. The molecule has 0 radical (unpaired) electrons. The highest BCUT2D eigenvalue weighted by atomic mass is 16.3. The van der Waals surface area contributed by atoms with E-state index in [-0.39, 0.29) is 12.5 Å². The topological polar surface area (TPSA) is 58.4 Å². The average Bonchev–Trinajstić information content (AvgIpc) is 3.06. The molecule has 0 unspecified atom stereocenters. The molecule has 0 aliphatic carbocycles. The summed E-state index contributed by atoms with van der Waals surface area (Å²) in [7, 11) is 1.90. The molecule has 1 aromatic heterocycles. The third kappa shape index (κ3) is 4.67. The van der Waals surface area contributed by atoms with Crippen molar-refractivity contribution in [3.05, 3.63) is 70.6 Å². The lowest BCUT2D eigenvalue weighted by atomic mass is 10.1. The fourth-order valence-corrected chi connectivity index (χ4v) is 3.33. The van der Waals surface area contributed by atoms with Crippen molar-refractivity contribution in [2.75, 3.05) is 18.9 Å². The molecule has 28 heavy (non-hydrogen) atoms. The first kappa shape index (κ1) is 19.8. The minimum atomic E-state index is -0.0435. The highest BCUT2D eigenvalue weighted by Gasteiger charge is 2.14. The van der Waals surface area contributed by atoms with Gasteiger partial charge in [-0.2, -0.15) is 0 Å². The summed E-state index contributed by atoms with van der Waals surface area (Å²) in [6.45, 7) is 8.92. The first-order valence-corrected chi connectivity index (χ1v) is 9.40. The summed E-state index contributed by atoms with van der Waals surface area (Å²) < 4.78 is 5.67. The van der Waals surface area contributed by atoms with Crippen LogP contribution in [0.5, 0.6) is 0 Å². The SMILES string of the molecule is Cc1ccc(-c2nc(CN(C)CC(=O)Nc3c(C)cccc3C)co2)c(C)c1. The number of aromatic nitrogens is 1. The number of nitrogens with one attached hydrogen (secondary N) is 1. The van der Waals surface area contributed by atoms with Gasteiger partial charge in [-0.1, -0.05) is 35.9 Å². The molecule has 3 rings (SSSR count). The predicted octanol–water partition coefficient (Wildman–Crippen LogP) is 4.65. The van der Waals surface area contributed by atoms with Gasteiger partial charge in [0, 0.05) is 17.8 Å². The largest absolute Gasteiger partial charge is 0.444 e. The number of anilines is 1. The Morgan fingerprint density at radius 1 is 1.07 bits per heavy atom. The van der Waals surface area contributed by atoms with Gasteiger partial charge in [0.2, 0.25) is 11.8 Å². The van der Waals surface area contributed by atoms with E-state index in [0.29, 0.717) is 12.4 Å². The fourth-order valence-electron chi connectivity index (χ4n) is 3.33. The Morgan fingerprint density at radius 2 is 1.79 bits per heavy atom. The lowest BCUT2D eigenvalue weighted by molar-refractivity contribution is -0.117. The lowest BCUT2D eigenvalue weighted by Gasteiger charge is -2.16. The fraction of sp³-hybridized carbons (Fsp3) is 0.304. The number of oxazole rings is 1. The highest BCUT2D eigenvalue weighted by molar-refractivity contribution is 5.93. The maximum atomic E-state index is 12.4. The van der Waals surface area contributed by atoms with Crippen LogP contribution in [0.4, 0.5) is 5.69 Å². The summed E-state index contributed by atoms with van der Waals surface area (Å²) in [5.41, 5.74) is 7.15. The Hall–Kier alpha value is -2.92. The van der Waals surface area contributed by atoms with Crippen molar-refractivity contribution in [1.29, 1.82) is 0 Å². The summed E-state index contributed by atoms with van der Waals surface area (Å²) >= 11 is 0. The van der Waals surface area contributed by atoms with Gasteiger partial charge in [-0.15, -0.1) is 0 Å². The molecule has 1 amide bonds. The molecular formula is C23H27N3O2. The second kappa shape index (κ2) is 8.40. The number of likely N-dealkylation sites (N-methyl/N-ethyl adjacent to an activating group) is 1. The van der Waals surface area contributed by atoms with E-state index >= 15 is 0 Å². The molecule has 3 aromatic rings. The zero-order chi connectivity index (χ0) is 20.3. The number of carbonyl (C=O) groups excluding carboxylic acids is 1. The Kier molecular flexibility index (Phi) is 5.95. The molecule has 146 valence electrons. The number of nitrogens with zero attached hydrogens (tertiary/aromatic N) is 2. The van der Waals surface area contributed by atoms with Crippen LogP contribution in [0, 0.1) is 27.7 Å². The molecule has 0 aliphatic heterocycles. The van der Waals surface area contributed by atoms with Gasteiger partial charge in [-0.25, -0.2) is 4.98 Å². The van der Waals surface area contributed by atoms with E-state index in [9.17, 15) is 4.79 Å². The van der Waals surface area contributed by atoms with Crippen molar-refractivity contribution in [2.45, 2.75) is 34.2 Å². The number of carbonyl (C=O) groups is 1. The summed E-state index contributed by atoms with van der Waals surface area (Å²) in [6.07, 6.45) is 1.66. The van der Waals surface area contributed by atoms with Gasteiger partial charge in [0.1, 0.15) is 6.26 Å². The number of hydrogen-bond acceptors (Lipinski definition) is 4. The van der Waals surface area contributed by atoms with E-state index in [1.807, 2.05) is 50.1 Å². The molecule has 0 bridgehead atoms. The molecular weight excluding hydrogens is 350 g/mol. The smallest absolute Gasteiger partial charge is 0.238 e. The Labute approximate surface area is 166 Å². The molecule has 1 heterocycles. The van der Waals surface area contributed by atoms with E-state index in [2.05, 4.69) is 36.3 Å². The second-order valence-electron chi connectivity index (χ2n) is 7.45. The molecule has 5 heteroatoms. The number of amides is 1. The quantitative estimate of drug-likeness (QED) is 0.679. The van der Waals surface area contributed by atoms with Crippen molar-refractivity contribution < 1.29 is 9.21 Å². The van der Waals surface area contributed by atoms with Crippen LogP contribution in [0.2, 0.25) is 0 Å². The maximum Gasteiger partial charge on any atom is 0.238 e. The van der Waals surface area contributed by atoms with Crippen LogP contribution in [0.3, 0.4) is 0 Å². The van der Waals surface area contributed by atoms with Gasteiger partial charge in [0.15, 0.2) is 0 Å². The molecule has 0 saturated heterocycles. The van der Waals surface area contributed by atoms with Gasteiger partial charge in [0.05, 0.1) is 12.2 Å². The molecule has 0 saturated carbocycles. The van der Waals surface area contributed by atoms with Crippen LogP contribution in [-0.4, -0.2) is 29.4 Å². The normalized spacial score (nSPS) is 11.1. The first-order chi connectivity index (χ1) is 13.3. The van der Waals surface area contributed by atoms with Crippen LogP contribution in [-0.2, 0) is 11.3 Å². The van der Waals surface area contributed by atoms with Crippen molar-refractivity contribution in [2.24, 2.45) is 0 Å². The second-order valence-corrected chi connectivity index (χ2v) is 7.45. The van der Waals surface area contributed by atoms with Crippen molar-refractivity contribution in [3.8, 4) is 11.5 Å². The molecule has 2 aromatic carbocycles. The van der Waals surface area contributed by atoms with Crippen LogP contribution in [0.1, 0.15) is 27.9 Å². The molecule has 0 aliphatic rings. The van der Waals surface area contributed by atoms with Crippen molar-refractivity contribution in [1.82, 2.24) is 9.88 Å². The van der Waals surface area contributed by atoms with Gasteiger partial charge in [0.25, 0.3) is 0 Å². The molecule has 5 nitrogen and oxygen atoms in total. The molecule has 0 spiro atoms. The van der Waals surface area contributed by atoms with Crippen molar-refractivity contribution >= 4 is 11.6 Å². The zero-order valence-corrected chi connectivity index (χ0v) is 17.2. The molecule has 1 N–H and O–H groups in total. The minimum Gasteiger partial charge on any atom is -0.444 e. The minimum absolute atomic E-state index is 0.0435. The Balaban J connectivity index is 1.61. The summed E-state index contributed by atoms with van der Waals surface area (Å²) in [5.74, 6) is 0.568. The van der Waals surface area contributed by atoms with Crippen LogP contribution < -0.4 is 5.32 Å². The number of para-hydroxylation sites is 1. The van der Waals surface area contributed by atoms with Crippen LogP contribution in [0.15, 0.2) is 47.1 Å².